The van der Waals surface area contributed by atoms with Gasteiger partial charge >= 0.3 is 0 Å². The van der Waals surface area contributed by atoms with E-state index in [2.05, 4.69) is 9.97 Å². The van der Waals surface area contributed by atoms with Crippen LogP contribution in [0.5, 0.6) is 0 Å². The van der Waals surface area contributed by atoms with Crippen LogP contribution >= 0.6 is 0 Å². The van der Waals surface area contributed by atoms with Gasteiger partial charge in [0.25, 0.3) is 10.0 Å². The van der Waals surface area contributed by atoms with Crippen molar-refractivity contribution in [2.75, 3.05) is 13.6 Å². The predicted octanol–water partition coefficient (Wildman–Crippen LogP) is 0.924. The summed E-state index contributed by atoms with van der Waals surface area (Å²) in [7, 11) is -2.11. The molecule has 1 aliphatic carbocycles. The lowest BCUT2D eigenvalue weighted by Gasteiger charge is -2.19. The van der Waals surface area contributed by atoms with E-state index in [-0.39, 0.29) is 23.4 Å². The minimum atomic E-state index is -3.60. The first-order chi connectivity index (χ1) is 8.82. The molecular weight excluding hydrogens is 266 g/mol. The number of aliphatic hydroxyl groups is 1. The molecule has 2 rings (SSSR count). The predicted molar refractivity (Wildman–Crippen MR) is 71.2 cm³/mol. The van der Waals surface area contributed by atoms with Gasteiger partial charge < -0.3 is 10.1 Å². The maximum Gasteiger partial charge on any atom is 0.259 e. The Morgan fingerprint density at radius 1 is 1.53 bits per heavy atom. The molecule has 1 fully saturated rings. The van der Waals surface area contributed by atoms with Crippen molar-refractivity contribution in [3.05, 3.63) is 12.0 Å². The van der Waals surface area contributed by atoms with Crippen molar-refractivity contribution in [3.8, 4) is 0 Å². The van der Waals surface area contributed by atoms with E-state index in [0.717, 1.165) is 12.8 Å². The molecule has 1 atom stereocenters. The number of sulfonamides is 1. The highest BCUT2D eigenvalue weighted by molar-refractivity contribution is 7.89. The quantitative estimate of drug-likeness (QED) is 0.814. The van der Waals surface area contributed by atoms with Crippen LogP contribution in [0.1, 0.15) is 38.4 Å². The van der Waals surface area contributed by atoms with Crippen molar-refractivity contribution in [2.24, 2.45) is 5.92 Å². The average Bonchev–Trinajstić information content (AvgIpc) is 3.05. The number of nitrogens with one attached hydrogen (secondary N) is 1. The Hall–Kier alpha value is -0.920. The van der Waals surface area contributed by atoms with Gasteiger partial charge in [0.05, 0.1) is 12.3 Å². The second-order valence-corrected chi connectivity index (χ2v) is 7.49. The molecule has 0 saturated heterocycles. The minimum Gasteiger partial charge on any atom is -0.391 e. The van der Waals surface area contributed by atoms with Crippen LogP contribution in [-0.2, 0) is 10.0 Å². The normalized spacial score (nSPS) is 18.2. The fraction of sp³-hybridized carbons (Fsp3) is 0.750. The first-order valence-corrected chi connectivity index (χ1v) is 7.95. The van der Waals surface area contributed by atoms with Crippen LogP contribution in [0.15, 0.2) is 11.2 Å². The molecule has 0 bridgehead atoms. The standard InChI is InChI=1S/C12H21N3O3S/c1-8(2)12-13-6-11(14-12)19(17,18)15(3)7-10(16)9-4-5-9/h6,8-10,16H,4-5,7H2,1-3H3,(H,13,14)/t10-/m1/s1. The Morgan fingerprint density at radius 2 is 2.16 bits per heavy atom. The monoisotopic (exact) mass is 287 g/mol. The van der Waals surface area contributed by atoms with Gasteiger partial charge in [-0.25, -0.2) is 13.4 Å². The lowest BCUT2D eigenvalue weighted by Crippen LogP contribution is -2.35. The second kappa shape index (κ2) is 5.22. The maximum absolute atomic E-state index is 12.3. The van der Waals surface area contributed by atoms with Gasteiger partial charge in [-0.3, -0.25) is 0 Å². The smallest absolute Gasteiger partial charge is 0.259 e. The lowest BCUT2D eigenvalue weighted by molar-refractivity contribution is 0.131. The summed E-state index contributed by atoms with van der Waals surface area (Å²) in [6, 6.07) is 0. The van der Waals surface area contributed by atoms with Crippen molar-refractivity contribution in [1.29, 1.82) is 0 Å². The van der Waals surface area contributed by atoms with E-state index < -0.39 is 16.1 Å². The number of likely N-dealkylation sites (N-methyl/N-ethyl adjacent to an activating group) is 1. The molecule has 1 aliphatic rings. The first-order valence-electron chi connectivity index (χ1n) is 6.51. The third-order valence-electron chi connectivity index (χ3n) is 3.42. The zero-order valence-electron chi connectivity index (χ0n) is 11.5. The molecule has 0 radical (unpaired) electrons. The van der Waals surface area contributed by atoms with E-state index in [1.54, 1.807) is 0 Å². The number of aliphatic hydroxyl groups excluding tert-OH is 1. The van der Waals surface area contributed by atoms with Crippen molar-refractivity contribution < 1.29 is 13.5 Å². The van der Waals surface area contributed by atoms with Gasteiger partial charge in [0.1, 0.15) is 5.82 Å². The molecule has 7 heteroatoms. The topological polar surface area (TPSA) is 86.3 Å². The highest BCUT2D eigenvalue weighted by Gasteiger charge is 2.33. The number of hydrogen-bond donors (Lipinski definition) is 2. The van der Waals surface area contributed by atoms with E-state index in [9.17, 15) is 13.5 Å². The lowest BCUT2D eigenvalue weighted by atomic mass is 10.2. The molecule has 0 spiro atoms. The number of aromatic nitrogens is 2. The van der Waals surface area contributed by atoms with Crippen LogP contribution in [0, 0.1) is 5.92 Å². The first kappa shape index (κ1) is 14.5. The van der Waals surface area contributed by atoms with Gasteiger partial charge in [0, 0.05) is 19.5 Å². The van der Waals surface area contributed by atoms with Gasteiger partial charge in [0.2, 0.25) is 0 Å². The summed E-state index contributed by atoms with van der Waals surface area (Å²) in [6.07, 6.45) is 2.73. The summed E-state index contributed by atoms with van der Waals surface area (Å²) >= 11 is 0. The molecule has 2 N–H and O–H groups in total. The zero-order chi connectivity index (χ0) is 14.2. The fourth-order valence-corrected chi connectivity index (χ4v) is 3.01. The molecule has 0 unspecified atom stereocenters. The van der Waals surface area contributed by atoms with Crippen LogP contribution in [0.2, 0.25) is 0 Å². The van der Waals surface area contributed by atoms with Gasteiger partial charge in [0.15, 0.2) is 5.03 Å². The molecule has 1 heterocycles. The molecular formula is C12H21N3O3S. The number of rotatable bonds is 6. The van der Waals surface area contributed by atoms with Gasteiger partial charge in [-0.1, -0.05) is 13.8 Å². The van der Waals surface area contributed by atoms with E-state index in [1.165, 1.54) is 17.5 Å². The Labute approximate surface area is 113 Å². The molecule has 0 amide bonds. The highest BCUT2D eigenvalue weighted by Crippen LogP contribution is 2.33. The van der Waals surface area contributed by atoms with Crippen LogP contribution in [0.3, 0.4) is 0 Å². The van der Waals surface area contributed by atoms with Crippen LogP contribution < -0.4 is 0 Å². The van der Waals surface area contributed by atoms with Crippen LogP contribution in [-0.4, -0.2) is 47.5 Å². The van der Waals surface area contributed by atoms with Crippen molar-refractivity contribution >= 4 is 10.0 Å². The number of nitrogens with zero attached hydrogens (tertiary/aromatic N) is 2. The maximum atomic E-state index is 12.3. The van der Waals surface area contributed by atoms with E-state index >= 15 is 0 Å². The largest absolute Gasteiger partial charge is 0.391 e. The summed E-state index contributed by atoms with van der Waals surface area (Å²) < 4.78 is 25.8. The van der Waals surface area contributed by atoms with E-state index in [0.29, 0.717) is 5.82 Å². The molecule has 1 saturated carbocycles. The summed E-state index contributed by atoms with van der Waals surface area (Å²) in [6.45, 7) is 4.01. The molecule has 108 valence electrons. The minimum absolute atomic E-state index is 0.0849. The molecule has 1 aromatic heterocycles. The fourth-order valence-electron chi connectivity index (χ4n) is 1.90. The van der Waals surface area contributed by atoms with Crippen molar-refractivity contribution in [2.45, 2.75) is 43.7 Å². The van der Waals surface area contributed by atoms with Crippen LogP contribution in [0.4, 0.5) is 0 Å². The zero-order valence-corrected chi connectivity index (χ0v) is 12.3. The molecule has 1 aromatic rings. The Kier molecular flexibility index (Phi) is 3.98. The highest BCUT2D eigenvalue weighted by atomic mass is 32.2. The summed E-state index contributed by atoms with van der Waals surface area (Å²) in [5.41, 5.74) is 0. The Balaban J connectivity index is 2.10. The van der Waals surface area contributed by atoms with E-state index in [1.807, 2.05) is 13.8 Å². The van der Waals surface area contributed by atoms with Gasteiger partial charge in [-0.15, -0.1) is 0 Å². The van der Waals surface area contributed by atoms with E-state index in [4.69, 9.17) is 0 Å². The molecule has 6 nitrogen and oxygen atoms in total. The summed E-state index contributed by atoms with van der Waals surface area (Å²) in [5.74, 6) is 1.05. The second-order valence-electron chi connectivity index (χ2n) is 5.48. The Morgan fingerprint density at radius 3 is 2.63 bits per heavy atom. The number of hydrogen-bond acceptors (Lipinski definition) is 4. The third kappa shape index (κ3) is 3.16. The number of H-pyrrole nitrogens is 1. The summed E-state index contributed by atoms with van der Waals surface area (Å²) in [4.78, 5) is 6.90. The number of aromatic amines is 1. The Bertz CT molecular complexity index is 534. The molecule has 0 aromatic carbocycles. The van der Waals surface area contributed by atoms with Crippen molar-refractivity contribution in [3.63, 3.8) is 0 Å². The summed E-state index contributed by atoms with van der Waals surface area (Å²) in [5, 5.41) is 9.92. The molecule has 19 heavy (non-hydrogen) atoms. The third-order valence-corrected chi connectivity index (χ3v) is 5.15. The van der Waals surface area contributed by atoms with Gasteiger partial charge in [-0.05, 0) is 18.8 Å². The van der Waals surface area contributed by atoms with Crippen molar-refractivity contribution in [1.82, 2.24) is 14.3 Å². The SMILES string of the molecule is CC(C)c1ncc(S(=O)(=O)N(C)C[C@@H](O)C2CC2)[nH]1. The number of imidazole rings is 1. The van der Waals surface area contributed by atoms with Gasteiger partial charge in [-0.2, -0.15) is 4.31 Å². The average molecular weight is 287 g/mol. The molecule has 0 aliphatic heterocycles. The van der Waals surface area contributed by atoms with Crippen LogP contribution in [0.25, 0.3) is 0 Å².